The highest BCUT2D eigenvalue weighted by Gasteiger charge is 2.07. The molecule has 0 spiro atoms. The summed E-state index contributed by atoms with van der Waals surface area (Å²) < 4.78 is 0. The summed E-state index contributed by atoms with van der Waals surface area (Å²) in [5.74, 6) is -0.198. The molecule has 0 bridgehead atoms. The van der Waals surface area contributed by atoms with Gasteiger partial charge in [-0.05, 0) is 37.6 Å². The van der Waals surface area contributed by atoms with Gasteiger partial charge in [0.1, 0.15) is 5.69 Å². The lowest BCUT2D eigenvalue weighted by atomic mass is 10.2. The largest absolute Gasteiger partial charge is 0.384 e. The van der Waals surface area contributed by atoms with Crippen molar-refractivity contribution in [1.82, 2.24) is 4.98 Å². The molecule has 0 aliphatic carbocycles. The number of amides is 1. The summed E-state index contributed by atoms with van der Waals surface area (Å²) in [5, 5.41) is 6.05. The van der Waals surface area contributed by atoms with Crippen LogP contribution in [0.15, 0.2) is 42.6 Å². The number of hydrogen-bond donors (Lipinski definition) is 2. The number of aromatic nitrogens is 1. The molecule has 1 aromatic heterocycles. The third-order valence-electron chi connectivity index (χ3n) is 2.88. The van der Waals surface area contributed by atoms with E-state index in [9.17, 15) is 4.79 Å². The fourth-order valence-electron chi connectivity index (χ4n) is 1.73. The van der Waals surface area contributed by atoms with E-state index in [2.05, 4.69) is 22.5 Å². The monoisotopic (exact) mass is 269 g/mol. The average molecular weight is 269 g/mol. The quantitative estimate of drug-likeness (QED) is 0.874. The molecule has 0 saturated heterocycles. The van der Waals surface area contributed by atoms with Crippen LogP contribution in [0, 0.1) is 6.92 Å². The summed E-state index contributed by atoms with van der Waals surface area (Å²) in [7, 11) is 0. The van der Waals surface area contributed by atoms with E-state index < -0.39 is 0 Å². The van der Waals surface area contributed by atoms with Crippen molar-refractivity contribution >= 4 is 17.3 Å². The highest BCUT2D eigenvalue weighted by molar-refractivity contribution is 6.02. The zero-order valence-corrected chi connectivity index (χ0v) is 11.8. The van der Waals surface area contributed by atoms with Crippen LogP contribution in [0.1, 0.15) is 29.4 Å². The van der Waals surface area contributed by atoms with Gasteiger partial charge >= 0.3 is 0 Å². The van der Waals surface area contributed by atoms with Gasteiger partial charge in [-0.2, -0.15) is 0 Å². The number of hydrogen-bond acceptors (Lipinski definition) is 3. The number of benzene rings is 1. The van der Waals surface area contributed by atoms with Crippen molar-refractivity contribution in [2.24, 2.45) is 0 Å². The molecule has 0 atom stereocenters. The average Bonchev–Trinajstić information content (AvgIpc) is 2.48. The zero-order valence-electron chi connectivity index (χ0n) is 11.8. The molecule has 104 valence electrons. The van der Waals surface area contributed by atoms with Crippen LogP contribution < -0.4 is 10.6 Å². The summed E-state index contributed by atoms with van der Waals surface area (Å²) in [6, 6.07) is 11.3. The summed E-state index contributed by atoms with van der Waals surface area (Å²) in [6.45, 7) is 5.01. The molecule has 4 nitrogen and oxygen atoms in total. The van der Waals surface area contributed by atoms with E-state index in [1.54, 1.807) is 12.3 Å². The lowest BCUT2D eigenvalue weighted by Gasteiger charge is -2.07. The van der Waals surface area contributed by atoms with Crippen LogP contribution in [0.3, 0.4) is 0 Å². The fourth-order valence-corrected chi connectivity index (χ4v) is 1.73. The molecule has 20 heavy (non-hydrogen) atoms. The lowest BCUT2D eigenvalue weighted by molar-refractivity contribution is 0.102. The molecule has 0 saturated carbocycles. The van der Waals surface area contributed by atoms with E-state index in [0.717, 1.165) is 29.9 Å². The van der Waals surface area contributed by atoms with E-state index in [1.165, 1.54) is 0 Å². The van der Waals surface area contributed by atoms with Gasteiger partial charge in [0, 0.05) is 12.2 Å². The molecule has 2 rings (SSSR count). The highest BCUT2D eigenvalue weighted by Crippen LogP contribution is 2.11. The minimum atomic E-state index is -0.198. The number of nitrogens with one attached hydrogen (secondary N) is 2. The summed E-state index contributed by atoms with van der Waals surface area (Å²) in [4.78, 5) is 16.2. The van der Waals surface area contributed by atoms with Crippen molar-refractivity contribution in [2.75, 3.05) is 17.2 Å². The van der Waals surface area contributed by atoms with Crippen molar-refractivity contribution < 1.29 is 4.79 Å². The first-order valence-electron chi connectivity index (χ1n) is 6.77. The highest BCUT2D eigenvalue weighted by atomic mass is 16.1. The minimum Gasteiger partial charge on any atom is -0.384 e. The van der Waals surface area contributed by atoms with Gasteiger partial charge in [-0.25, -0.2) is 4.98 Å². The first-order chi connectivity index (χ1) is 9.69. The van der Waals surface area contributed by atoms with Gasteiger partial charge in [-0.3, -0.25) is 4.79 Å². The number of rotatable bonds is 5. The van der Waals surface area contributed by atoms with Crippen LogP contribution in [-0.2, 0) is 0 Å². The third kappa shape index (κ3) is 3.82. The van der Waals surface area contributed by atoms with Crippen LogP contribution in [0.25, 0.3) is 0 Å². The molecule has 1 aromatic carbocycles. The Labute approximate surface area is 119 Å². The Balaban J connectivity index is 2.00. The SMILES string of the molecule is CCCNc1ccc(C(=O)Nc2ccc(C)cc2)nc1. The van der Waals surface area contributed by atoms with Crippen LogP contribution in [0.5, 0.6) is 0 Å². The summed E-state index contributed by atoms with van der Waals surface area (Å²) >= 11 is 0. The maximum absolute atomic E-state index is 12.0. The maximum atomic E-state index is 12.0. The molecule has 0 aliphatic rings. The van der Waals surface area contributed by atoms with Crippen molar-refractivity contribution in [3.8, 4) is 0 Å². The summed E-state index contributed by atoms with van der Waals surface area (Å²) in [5.41, 5.74) is 3.27. The van der Waals surface area contributed by atoms with Gasteiger partial charge in [0.25, 0.3) is 5.91 Å². The number of carbonyl (C=O) groups excluding carboxylic acids is 1. The Morgan fingerprint density at radius 1 is 1.10 bits per heavy atom. The van der Waals surface area contributed by atoms with Crippen molar-refractivity contribution in [3.63, 3.8) is 0 Å². The van der Waals surface area contributed by atoms with Gasteiger partial charge in [0.2, 0.25) is 0 Å². The molecule has 1 heterocycles. The Hall–Kier alpha value is -2.36. The smallest absolute Gasteiger partial charge is 0.274 e. The first kappa shape index (κ1) is 14.1. The molecule has 0 fully saturated rings. The Morgan fingerprint density at radius 3 is 2.40 bits per heavy atom. The van der Waals surface area contributed by atoms with E-state index in [0.29, 0.717) is 5.69 Å². The van der Waals surface area contributed by atoms with Gasteiger partial charge in [-0.1, -0.05) is 24.6 Å². The molecule has 2 N–H and O–H groups in total. The molecular formula is C16H19N3O. The molecule has 0 unspecified atom stereocenters. The Kier molecular flexibility index (Phi) is 4.71. The Bertz CT molecular complexity index is 561. The van der Waals surface area contributed by atoms with Crippen LogP contribution in [0.2, 0.25) is 0 Å². The van der Waals surface area contributed by atoms with E-state index >= 15 is 0 Å². The number of aryl methyl sites for hydroxylation is 1. The maximum Gasteiger partial charge on any atom is 0.274 e. The topological polar surface area (TPSA) is 54.0 Å². The normalized spacial score (nSPS) is 10.1. The first-order valence-corrected chi connectivity index (χ1v) is 6.77. The predicted octanol–water partition coefficient (Wildman–Crippen LogP) is 3.46. The van der Waals surface area contributed by atoms with Gasteiger partial charge in [0.05, 0.1) is 11.9 Å². The summed E-state index contributed by atoms with van der Waals surface area (Å²) in [6.07, 6.45) is 2.73. The van der Waals surface area contributed by atoms with E-state index in [-0.39, 0.29) is 5.91 Å². The Morgan fingerprint density at radius 2 is 1.80 bits per heavy atom. The zero-order chi connectivity index (χ0) is 14.4. The second kappa shape index (κ2) is 6.70. The number of carbonyl (C=O) groups is 1. The molecule has 0 aliphatic heterocycles. The van der Waals surface area contributed by atoms with Crippen LogP contribution in [0.4, 0.5) is 11.4 Å². The molecule has 4 heteroatoms. The standard InChI is InChI=1S/C16H19N3O/c1-3-10-17-14-8-9-15(18-11-14)16(20)19-13-6-4-12(2)5-7-13/h4-9,11,17H,3,10H2,1-2H3,(H,19,20). The number of nitrogens with zero attached hydrogens (tertiary/aromatic N) is 1. The van der Waals surface area contributed by atoms with Crippen molar-refractivity contribution in [1.29, 1.82) is 0 Å². The second-order valence-corrected chi connectivity index (χ2v) is 4.68. The lowest BCUT2D eigenvalue weighted by Crippen LogP contribution is -2.13. The number of pyridine rings is 1. The predicted molar refractivity (Wildman–Crippen MR) is 82.1 cm³/mol. The third-order valence-corrected chi connectivity index (χ3v) is 2.88. The van der Waals surface area contributed by atoms with Crippen molar-refractivity contribution in [3.05, 3.63) is 53.9 Å². The van der Waals surface area contributed by atoms with Crippen LogP contribution in [-0.4, -0.2) is 17.4 Å². The van der Waals surface area contributed by atoms with Gasteiger partial charge < -0.3 is 10.6 Å². The molecule has 0 radical (unpaired) electrons. The number of anilines is 2. The molecule has 2 aromatic rings. The van der Waals surface area contributed by atoms with Gasteiger partial charge in [-0.15, -0.1) is 0 Å². The molecule has 1 amide bonds. The van der Waals surface area contributed by atoms with Crippen LogP contribution >= 0.6 is 0 Å². The van der Waals surface area contributed by atoms with E-state index in [4.69, 9.17) is 0 Å². The van der Waals surface area contributed by atoms with E-state index in [1.807, 2.05) is 37.3 Å². The molecular weight excluding hydrogens is 250 g/mol. The van der Waals surface area contributed by atoms with Crippen molar-refractivity contribution in [2.45, 2.75) is 20.3 Å². The minimum absolute atomic E-state index is 0.198. The fraction of sp³-hybridized carbons (Fsp3) is 0.250. The second-order valence-electron chi connectivity index (χ2n) is 4.68. The van der Waals surface area contributed by atoms with Gasteiger partial charge in [0.15, 0.2) is 0 Å².